The minimum Gasteiger partial charge on any atom is -0.492 e. The first-order chi connectivity index (χ1) is 14.5. The second kappa shape index (κ2) is 11.0. The molecule has 0 saturated carbocycles. The minimum absolute atomic E-state index is 0.0607. The van der Waals surface area contributed by atoms with Crippen LogP contribution in [0, 0.1) is 5.82 Å². The minimum atomic E-state index is -0.313. The van der Waals surface area contributed by atoms with Gasteiger partial charge in [-0.2, -0.15) is 0 Å². The second-order valence-electron chi connectivity index (χ2n) is 7.41. The highest BCUT2D eigenvalue weighted by Crippen LogP contribution is 2.23. The molecule has 1 aliphatic heterocycles. The van der Waals surface area contributed by atoms with Crippen LogP contribution >= 0.6 is 11.6 Å². The van der Waals surface area contributed by atoms with Gasteiger partial charge in [0, 0.05) is 25.6 Å². The predicted octanol–water partition coefficient (Wildman–Crippen LogP) is 3.99. The van der Waals surface area contributed by atoms with Crippen molar-refractivity contribution in [1.29, 1.82) is 0 Å². The van der Waals surface area contributed by atoms with Gasteiger partial charge in [0.2, 0.25) is 11.8 Å². The monoisotopic (exact) mass is 432 g/mol. The number of nitrogens with zero attached hydrogens (tertiary/aromatic N) is 1. The van der Waals surface area contributed by atoms with Gasteiger partial charge in [-0.1, -0.05) is 35.9 Å². The quantitative estimate of drug-likeness (QED) is 0.642. The number of ether oxygens (including phenoxy) is 1. The summed E-state index contributed by atoms with van der Waals surface area (Å²) in [6.45, 7) is 1.70. The lowest BCUT2D eigenvalue weighted by atomic mass is 10.0. The summed E-state index contributed by atoms with van der Waals surface area (Å²) in [4.78, 5) is 26.4. The molecule has 0 spiro atoms. The van der Waals surface area contributed by atoms with Crippen LogP contribution in [0.3, 0.4) is 0 Å². The molecule has 0 bridgehead atoms. The standard InChI is InChI=1S/C23H26ClFN2O3/c24-20-4-1-2-5-21(20)30-15-3-6-23(29)27-13-11-19(12-14-27)26-22(28)16-17-7-9-18(25)10-8-17/h1-2,4-5,7-10,19H,3,6,11-16H2,(H,26,28). The summed E-state index contributed by atoms with van der Waals surface area (Å²) in [5.74, 6) is 0.340. The van der Waals surface area contributed by atoms with Gasteiger partial charge in [0.05, 0.1) is 18.1 Å². The SMILES string of the molecule is O=C(Cc1ccc(F)cc1)NC1CCN(C(=O)CCCOc2ccccc2Cl)CC1. The van der Waals surface area contributed by atoms with E-state index in [2.05, 4.69) is 5.32 Å². The lowest BCUT2D eigenvalue weighted by Crippen LogP contribution is -2.46. The van der Waals surface area contributed by atoms with E-state index in [4.69, 9.17) is 16.3 Å². The van der Waals surface area contributed by atoms with Gasteiger partial charge in [0.15, 0.2) is 0 Å². The molecule has 2 aromatic carbocycles. The molecular weight excluding hydrogens is 407 g/mol. The maximum absolute atomic E-state index is 12.9. The van der Waals surface area contributed by atoms with E-state index in [9.17, 15) is 14.0 Å². The number of amides is 2. The van der Waals surface area contributed by atoms with Crippen LogP contribution in [0.4, 0.5) is 4.39 Å². The molecule has 1 saturated heterocycles. The number of carbonyl (C=O) groups is 2. The fourth-order valence-corrected chi connectivity index (χ4v) is 3.66. The van der Waals surface area contributed by atoms with Crippen LogP contribution in [0.1, 0.15) is 31.2 Å². The molecule has 1 aliphatic rings. The zero-order chi connectivity index (χ0) is 21.3. The Balaban J connectivity index is 1.32. The van der Waals surface area contributed by atoms with Crippen LogP contribution in [0.25, 0.3) is 0 Å². The van der Waals surface area contributed by atoms with Gasteiger partial charge in [-0.15, -0.1) is 0 Å². The molecule has 0 atom stereocenters. The molecule has 0 aromatic heterocycles. The largest absolute Gasteiger partial charge is 0.492 e. The number of hydrogen-bond donors (Lipinski definition) is 1. The van der Waals surface area contributed by atoms with Crippen LogP contribution in [0.5, 0.6) is 5.75 Å². The summed E-state index contributed by atoms with van der Waals surface area (Å²) in [7, 11) is 0. The topological polar surface area (TPSA) is 58.6 Å². The van der Waals surface area contributed by atoms with E-state index in [0.717, 1.165) is 18.4 Å². The van der Waals surface area contributed by atoms with Crippen molar-refractivity contribution in [1.82, 2.24) is 10.2 Å². The fourth-order valence-electron chi connectivity index (χ4n) is 3.47. The lowest BCUT2D eigenvalue weighted by Gasteiger charge is -2.32. The van der Waals surface area contributed by atoms with Gasteiger partial charge in [-0.05, 0) is 49.1 Å². The number of rotatable bonds is 8. The number of carbonyl (C=O) groups excluding carboxylic acids is 2. The number of benzene rings is 2. The van der Waals surface area contributed by atoms with Crippen molar-refractivity contribution in [3.8, 4) is 5.75 Å². The first kappa shape index (κ1) is 22.1. The van der Waals surface area contributed by atoms with Crippen molar-refractivity contribution in [2.24, 2.45) is 0 Å². The molecule has 7 heteroatoms. The normalized spacial score (nSPS) is 14.4. The third-order valence-electron chi connectivity index (χ3n) is 5.12. The van der Waals surface area contributed by atoms with Crippen molar-refractivity contribution < 1.29 is 18.7 Å². The molecule has 1 N–H and O–H groups in total. The Morgan fingerprint density at radius 1 is 1.10 bits per heavy atom. The average Bonchev–Trinajstić information content (AvgIpc) is 2.74. The number of piperidine rings is 1. The Hall–Kier alpha value is -2.60. The first-order valence-electron chi connectivity index (χ1n) is 10.2. The molecule has 0 unspecified atom stereocenters. The zero-order valence-corrected chi connectivity index (χ0v) is 17.5. The molecule has 2 aromatic rings. The van der Waals surface area contributed by atoms with E-state index in [1.807, 2.05) is 17.0 Å². The van der Waals surface area contributed by atoms with Gasteiger partial charge in [-0.3, -0.25) is 9.59 Å². The molecule has 2 amide bonds. The van der Waals surface area contributed by atoms with Crippen LogP contribution in [-0.4, -0.2) is 42.5 Å². The number of nitrogens with one attached hydrogen (secondary N) is 1. The van der Waals surface area contributed by atoms with Crippen molar-refractivity contribution in [2.75, 3.05) is 19.7 Å². The maximum atomic E-state index is 12.9. The number of halogens is 2. The highest BCUT2D eigenvalue weighted by atomic mass is 35.5. The number of likely N-dealkylation sites (tertiary alicyclic amines) is 1. The first-order valence-corrected chi connectivity index (χ1v) is 10.6. The van der Waals surface area contributed by atoms with E-state index in [1.54, 1.807) is 24.3 Å². The zero-order valence-electron chi connectivity index (χ0n) is 16.8. The Kier molecular flexibility index (Phi) is 8.08. The van der Waals surface area contributed by atoms with Crippen LogP contribution < -0.4 is 10.1 Å². The van der Waals surface area contributed by atoms with Gasteiger partial charge >= 0.3 is 0 Å². The predicted molar refractivity (Wildman–Crippen MR) is 114 cm³/mol. The van der Waals surface area contributed by atoms with E-state index >= 15 is 0 Å². The molecular formula is C23H26ClFN2O3. The highest BCUT2D eigenvalue weighted by Gasteiger charge is 2.23. The molecule has 30 heavy (non-hydrogen) atoms. The third-order valence-corrected chi connectivity index (χ3v) is 5.43. The van der Waals surface area contributed by atoms with Crippen LogP contribution in [-0.2, 0) is 16.0 Å². The summed E-state index contributed by atoms with van der Waals surface area (Å²) in [6, 6.07) is 13.3. The van der Waals surface area contributed by atoms with Crippen molar-refractivity contribution >= 4 is 23.4 Å². The number of hydrogen-bond acceptors (Lipinski definition) is 3. The third kappa shape index (κ3) is 6.73. The van der Waals surface area contributed by atoms with Crippen molar-refractivity contribution in [2.45, 2.75) is 38.1 Å². The number of para-hydroxylation sites is 1. The maximum Gasteiger partial charge on any atom is 0.224 e. The molecule has 5 nitrogen and oxygen atoms in total. The van der Waals surface area contributed by atoms with Gasteiger partial charge in [0.25, 0.3) is 0 Å². The molecule has 160 valence electrons. The fraction of sp³-hybridized carbons (Fsp3) is 0.391. The van der Waals surface area contributed by atoms with Gasteiger partial charge < -0.3 is 15.0 Å². The Labute approximate surface area is 181 Å². The second-order valence-corrected chi connectivity index (χ2v) is 7.82. The summed E-state index contributed by atoms with van der Waals surface area (Å²) in [6.07, 6.45) is 2.74. The van der Waals surface area contributed by atoms with Crippen LogP contribution in [0.15, 0.2) is 48.5 Å². The molecule has 0 radical (unpaired) electrons. The summed E-state index contributed by atoms with van der Waals surface area (Å²) < 4.78 is 18.6. The van der Waals surface area contributed by atoms with Crippen molar-refractivity contribution in [3.05, 3.63) is 64.9 Å². The summed E-state index contributed by atoms with van der Waals surface area (Å²) in [5.41, 5.74) is 0.778. The molecule has 1 heterocycles. The van der Waals surface area contributed by atoms with E-state index in [0.29, 0.717) is 43.3 Å². The van der Waals surface area contributed by atoms with E-state index in [-0.39, 0.29) is 30.1 Å². The summed E-state index contributed by atoms with van der Waals surface area (Å²) in [5, 5.41) is 3.58. The Morgan fingerprint density at radius 2 is 1.80 bits per heavy atom. The smallest absolute Gasteiger partial charge is 0.224 e. The van der Waals surface area contributed by atoms with Crippen LogP contribution in [0.2, 0.25) is 5.02 Å². The van der Waals surface area contributed by atoms with Gasteiger partial charge in [-0.25, -0.2) is 4.39 Å². The molecule has 0 aliphatic carbocycles. The van der Waals surface area contributed by atoms with E-state index < -0.39 is 0 Å². The van der Waals surface area contributed by atoms with E-state index in [1.165, 1.54) is 12.1 Å². The Morgan fingerprint density at radius 3 is 2.50 bits per heavy atom. The molecule has 3 rings (SSSR count). The van der Waals surface area contributed by atoms with Gasteiger partial charge in [0.1, 0.15) is 11.6 Å². The summed E-state index contributed by atoms with van der Waals surface area (Å²) >= 11 is 6.04. The molecule has 1 fully saturated rings. The average molecular weight is 433 g/mol. The Bertz CT molecular complexity index is 852. The lowest BCUT2D eigenvalue weighted by molar-refractivity contribution is -0.132. The highest BCUT2D eigenvalue weighted by molar-refractivity contribution is 6.32. The van der Waals surface area contributed by atoms with Crippen molar-refractivity contribution in [3.63, 3.8) is 0 Å².